The molecule has 0 radical (unpaired) electrons. The Morgan fingerprint density at radius 2 is 1.78 bits per heavy atom. The number of hydrogen-bond donors (Lipinski definition) is 2. The fourth-order valence-corrected chi connectivity index (χ4v) is 3.05. The normalized spacial score (nSPS) is 24.0. The first-order chi connectivity index (χ1) is 8.51. The lowest BCUT2D eigenvalue weighted by Gasteiger charge is -2.36. The lowest BCUT2D eigenvalue weighted by Crippen LogP contribution is -2.56. The third-order valence-electron chi connectivity index (χ3n) is 4.11. The lowest BCUT2D eigenvalue weighted by molar-refractivity contribution is -0.138. The van der Waals surface area contributed by atoms with Crippen molar-refractivity contribution in [3.05, 3.63) is 0 Å². The zero-order valence-corrected chi connectivity index (χ0v) is 11.1. The number of hydrogen-bond acceptors (Lipinski definition) is 3. The lowest BCUT2D eigenvalue weighted by atomic mass is 9.95. The maximum atomic E-state index is 12.4. The van der Waals surface area contributed by atoms with Gasteiger partial charge in [0.25, 0.3) is 0 Å². The van der Waals surface area contributed by atoms with Crippen LogP contribution in [0.5, 0.6) is 0 Å². The van der Waals surface area contributed by atoms with Gasteiger partial charge in [0.05, 0.1) is 5.54 Å². The topological polar surface area (TPSA) is 75.4 Å². The van der Waals surface area contributed by atoms with E-state index in [-0.39, 0.29) is 17.9 Å². The summed E-state index contributed by atoms with van der Waals surface area (Å²) in [5.74, 6) is 0.118. The van der Waals surface area contributed by atoms with Crippen LogP contribution in [-0.4, -0.2) is 41.4 Å². The first-order valence-corrected chi connectivity index (χ1v) is 6.87. The SMILES string of the molecule is CC(=O)NC1CCN(C(=O)C2(N)CCCC2)CC1. The van der Waals surface area contributed by atoms with E-state index in [9.17, 15) is 9.59 Å². The molecule has 2 rings (SSSR count). The summed E-state index contributed by atoms with van der Waals surface area (Å²) in [6.45, 7) is 2.95. The number of amides is 2. The van der Waals surface area contributed by atoms with Crippen molar-refractivity contribution in [3.8, 4) is 0 Å². The second-order valence-corrected chi connectivity index (χ2v) is 5.63. The molecule has 5 heteroatoms. The van der Waals surface area contributed by atoms with Crippen molar-refractivity contribution >= 4 is 11.8 Å². The van der Waals surface area contributed by atoms with Crippen LogP contribution in [0, 0.1) is 0 Å². The van der Waals surface area contributed by atoms with Crippen LogP contribution < -0.4 is 11.1 Å². The molecule has 1 aliphatic heterocycles. The van der Waals surface area contributed by atoms with Gasteiger partial charge in [0.1, 0.15) is 0 Å². The molecule has 0 aromatic rings. The number of rotatable bonds is 2. The highest BCUT2D eigenvalue weighted by atomic mass is 16.2. The number of nitrogens with zero attached hydrogens (tertiary/aromatic N) is 1. The van der Waals surface area contributed by atoms with Gasteiger partial charge in [-0.1, -0.05) is 12.8 Å². The molecule has 2 fully saturated rings. The molecule has 1 saturated carbocycles. The summed E-state index contributed by atoms with van der Waals surface area (Å²) in [5.41, 5.74) is 5.58. The summed E-state index contributed by atoms with van der Waals surface area (Å²) in [7, 11) is 0. The zero-order chi connectivity index (χ0) is 13.2. The van der Waals surface area contributed by atoms with Gasteiger partial charge in [-0.15, -0.1) is 0 Å². The second kappa shape index (κ2) is 5.26. The number of carbonyl (C=O) groups is 2. The Hall–Kier alpha value is -1.10. The van der Waals surface area contributed by atoms with Crippen molar-refractivity contribution in [1.82, 2.24) is 10.2 Å². The highest BCUT2D eigenvalue weighted by Crippen LogP contribution is 2.29. The number of piperidine rings is 1. The van der Waals surface area contributed by atoms with Crippen molar-refractivity contribution in [2.75, 3.05) is 13.1 Å². The predicted octanol–water partition coefficient (Wildman–Crippen LogP) is 0.385. The number of carbonyl (C=O) groups excluding carboxylic acids is 2. The van der Waals surface area contributed by atoms with E-state index in [1.807, 2.05) is 4.90 Å². The minimum Gasteiger partial charge on any atom is -0.353 e. The monoisotopic (exact) mass is 253 g/mol. The number of nitrogens with one attached hydrogen (secondary N) is 1. The predicted molar refractivity (Wildman–Crippen MR) is 68.8 cm³/mol. The standard InChI is InChI=1S/C13H23N3O2/c1-10(17)15-11-4-8-16(9-5-11)12(18)13(14)6-2-3-7-13/h11H,2-9,14H2,1H3,(H,15,17). The molecule has 0 bridgehead atoms. The van der Waals surface area contributed by atoms with Crippen LogP contribution in [0.25, 0.3) is 0 Å². The van der Waals surface area contributed by atoms with Gasteiger partial charge in [0.2, 0.25) is 11.8 Å². The summed E-state index contributed by atoms with van der Waals surface area (Å²) in [6, 6.07) is 0.212. The fraction of sp³-hybridized carbons (Fsp3) is 0.846. The van der Waals surface area contributed by atoms with Gasteiger partial charge < -0.3 is 16.0 Å². The molecular formula is C13H23N3O2. The molecule has 2 amide bonds. The molecule has 3 N–H and O–H groups in total. The maximum Gasteiger partial charge on any atom is 0.242 e. The van der Waals surface area contributed by atoms with E-state index in [1.165, 1.54) is 6.92 Å². The Morgan fingerprint density at radius 1 is 1.22 bits per heavy atom. The summed E-state index contributed by atoms with van der Waals surface area (Å²) in [6.07, 6.45) is 5.42. The number of likely N-dealkylation sites (tertiary alicyclic amines) is 1. The van der Waals surface area contributed by atoms with Gasteiger partial charge in [0, 0.05) is 26.1 Å². The highest BCUT2D eigenvalue weighted by Gasteiger charge is 2.40. The minimum atomic E-state index is -0.610. The van der Waals surface area contributed by atoms with E-state index < -0.39 is 5.54 Å². The largest absolute Gasteiger partial charge is 0.353 e. The highest BCUT2D eigenvalue weighted by molar-refractivity contribution is 5.86. The molecular weight excluding hydrogens is 230 g/mol. The van der Waals surface area contributed by atoms with E-state index in [4.69, 9.17) is 5.73 Å². The average Bonchev–Trinajstić information content (AvgIpc) is 2.77. The first-order valence-electron chi connectivity index (χ1n) is 6.87. The Kier molecular flexibility index (Phi) is 3.90. The average molecular weight is 253 g/mol. The van der Waals surface area contributed by atoms with Crippen LogP contribution in [0.4, 0.5) is 0 Å². The summed E-state index contributed by atoms with van der Waals surface area (Å²) in [4.78, 5) is 25.2. The Labute approximate surface area is 108 Å². The Balaban J connectivity index is 1.86. The third kappa shape index (κ3) is 2.83. The molecule has 1 heterocycles. The smallest absolute Gasteiger partial charge is 0.242 e. The Bertz CT molecular complexity index is 329. The molecule has 0 atom stereocenters. The van der Waals surface area contributed by atoms with Crippen LogP contribution in [0.1, 0.15) is 45.4 Å². The van der Waals surface area contributed by atoms with Gasteiger partial charge in [-0.2, -0.15) is 0 Å². The summed E-state index contributed by atoms with van der Waals surface area (Å²) in [5, 5.41) is 2.91. The van der Waals surface area contributed by atoms with E-state index in [1.54, 1.807) is 0 Å². The molecule has 0 aromatic heterocycles. The van der Waals surface area contributed by atoms with Gasteiger partial charge in [-0.3, -0.25) is 9.59 Å². The van der Waals surface area contributed by atoms with Crippen LogP contribution in [0.2, 0.25) is 0 Å². The molecule has 2 aliphatic rings. The molecule has 0 spiro atoms. The van der Waals surface area contributed by atoms with Gasteiger partial charge in [0.15, 0.2) is 0 Å². The Morgan fingerprint density at radius 3 is 2.28 bits per heavy atom. The van der Waals surface area contributed by atoms with Crippen molar-refractivity contribution in [1.29, 1.82) is 0 Å². The third-order valence-corrected chi connectivity index (χ3v) is 4.11. The fourth-order valence-electron chi connectivity index (χ4n) is 3.05. The first kappa shape index (κ1) is 13.3. The van der Waals surface area contributed by atoms with Crippen LogP contribution >= 0.6 is 0 Å². The van der Waals surface area contributed by atoms with Crippen LogP contribution in [-0.2, 0) is 9.59 Å². The van der Waals surface area contributed by atoms with Crippen molar-refractivity contribution < 1.29 is 9.59 Å². The van der Waals surface area contributed by atoms with Crippen molar-refractivity contribution in [3.63, 3.8) is 0 Å². The molecule has 0 unspecified atom stereocenters. The molecule has 102 valence electrons. The maximum absolute atomic E-state index is 12.4. The zero-order valence-electron chi connectivity index (χ0n) is 11.1. The van der Waals surface area contributed by atoms with Gasteiger partial charge in [-0.05, 0) is 25.7 Å². The quantitative estimate of drug-likeness (QED) is 0.747. The van der Waals surface area contributed by atoms with Crippen LogP contribution in [0.3, 0.4) is 0 Å². The summed E-state index contributed by atoms with van der Waals surface area (Å²) >= 11 is 0. The molecule has 18 heavy (non-hydrogen) atoms. The minimum absolute atomic E-state index is 0.00543. The second-order valence-electron chi connectivity index (χ2n) is 5.63. The van der Waals surface area contributed by atoms with Crippen molar-refractivity contribution in [2.24, 2.45) is 5.73 Å². The molecule has 1 aliphatic carbocycles. The van der Waals surface area contributed by atoms with Gasteiger partial charge in [-0.25, -0.2) is 0 Å². The van der Waals surface area contributed by atoms with E-state index in [0.29, 0.717) is 13.1 Å². The van der Waals surface area contributed by atoms with E-state index in [2.05, 4.69) is 5.32 Å². The van der Waals surface area contributed by atoms with E-state index in [0.717, 1.165) is 38.5 Å². The van der Waals surface area contributed by atoms with Crippen molar-refractivity contribution in [2.45, 2.75) is 57.0 Å². The van der Waals surface area contributed by atoms with E-state index >= 15 is 0 Å². The summed E-state index contributed by atoms with van der Waals surface area (Å²) < 4.78 is 0. The number of nitrogens with two attached hydrogens (primary N) is 1. The molecule has 5 nitrogen and oxygen atoms in total. The van der Waals surface area contributed by atoms with Crippen LogP contribution in [0.15, 0.2) is 0 Å². The molecule has 1 saturated heterocycles. The van der Waals surface area contributed by atoms with Gasteiger partial charge >= 0.3 is 0 Å². The molecule has 0 aromatic carbocycles.